The van der Waals surface area contributed by atoms with E-state index in [0.29, 0.717) is 31.3 Å². The predicted octanol–water partition coefficient (Wildman–Crippen LogP) is 3.49. The molecule has 0 aromatic heterocycles. The number of nitrogens with zero attached hydrogens (tertiary/aromatic N) is 1. The topological polar surface area (TPSA) is 61.8 Å². The first kappa shape index (κ1) is 18.5. The number of carbonyl (C=O) groups is 1. The SMILES string of the molecule is C[C@@H](c1cccc(Cl)c1)[C@H](Nc1ccc(O)cc1)C(=O)N1CCOCC1. The van der Waals surface area contributed by atoms with Crippen molar-refractivity contribution in [3.8, 4) is 5.75 Å². The number of carbonyl (C=O) groups excluding carboxylic acids is 1. The molecule has 3 rings (SSSR count). The lowest BCUT2D eigenvalue weighted by atomic mass is 9.92. The van der Waals surface area contributed by atoms with Crippen LogP contribution in [0.2, 0.25) is 5.02 Å². The summed E-state index contributed by atoms with van der Waals surface area (Å²) in [6.45, 7) is 4.32. The Morgan fingerprint density at radius 3 is 2.54 bits per heavy atom. The zero-order valence-electron chi connectivity index (χ0n) is 14.7. The molecule has 0 saturated carbocycles. The second-order valence-corrected chi connectivity index (χ2v) is 6.89. The van der Waals surface area contributed by atoms with Gasteiger partial charge in [0.05, 0.1) is 13.2 Å². The highest BCUT2D eigenvalue weighted by Gasteiger charge is 2.31. The third kappa shape index (κ3) is 4.48. The second-order valence-electron chi connectivity index (χ2n) is 6.45. The summed E-state index contributed by atoms with van der Waals surface area (Å²) >= 11 is 6.14. The molecule has 0 aliphatic carbocycles. The molecule has 1 amide bonds. The number of amides is 1. The molecule has 1 fully saturated rings. The van der Waals surface area contributed by atoms with Gasteiger partial charge in [0.2, 0.25) is 5.91 Å². The summed E-state index contributed by atoms with van der Waals surface area (Å²) in [6.07, 6.45) is 0. The van der Waals surface area contributed by atoms with E-state index in [2.05, 4.69) is 5.32 Å². The number of morpholine rings is 1. The minimum Gasteiger partial charge on any atom is -0.508 e. The molecule has 5 nitrogen and oxygen atoms in total. The van der Waals surface area contributed by atoms with E-state index in [9.17, 15) is 9.90 Å². The van der Waals surface area contributed by atoms with Gasteiger partial charge in [0, 0.05) is 29.7 Å². The Labute approximate surface area is 158 Å². The normalized spacial score (nSPS) is 16.8. The van der Waals surface area contributed by atoms with E-state index < -0.39 is 6.04 Å². The highest BCUT2D eigenvalue weighted by atomic mass is 35.5. The van der Waals surface area contributed by atoms with Crippen LogP contribution in [-0.2, 0) is 9.53 Å². The van der Waals surface area contributed by atoms with Crippen molar-refractivity contribution in [2.45, 2.75) is 18.9 Å². The Hall–Kier alpha value is -2.24. The summed E-state index contributed by atoms with van der Waals surface area (Å²) in [5.74, 6) is 0.140. The van der Waals surface area contributed by atoms with E-state index in [0.717, 1.165) is 11.3 Å². The van der Waals surface area contributed by atoms with Crippen molar-refractivity contribution in [3.63, 3.8) is 0 Å². The van der Waals surface area contributed by atoms with E-state index in [1.807, 2.05) is 36.1 Å². The molecule has 138 valence electrons. The highest BCUT2D eigenvalue weighted by Crippen LogP contribution is 2.27. The molecule has 1 aliphatic heterocycles. The summed E-state index contributed by atoms with van der Waals surface area (Å²) in [7, 11) is 0. The summed E-state index contributed by atoms with van der Waals surface area (Å²) in [4.78, 5) is 15.0. The second kappa shape index (κ2) is 8.43. The molecule has 26 heavy (non-hydrogen) atoms. The third-order valence-electron chi connectivity index (χ3n) is 4.65. The van der Waals surface area contributed by atoms with Crippen molar-refractivity contribution in [3.05, 3.63) is 59.1 Å². The van der Waals surface area contributed by atoms with Crippen molar-refractivity contribution in [1.29, 1.82) is 0 Å². The number of ether oxygens (including phenoxy) is 1. The summed E-state index contributed by atoms with van der Waals surface area (Å²) in [6, 6.07) is 13.9. The fourth-order valence-electron chi connectivity index (χ4n) is 3.10. The predicted molar refractivity (Wildman–Crippen MR) is 103 cm³/mol. The van der Waals surface area contributed by atoms with E-state index in [1.54, 1.807) is 24.3 Å². The molecular weight excluding hydrogens is 352 g/mol. The number of rotatable bonds is 5. The molecule has 0 radical (unpaired) electrons. The lowest BCUT2D eigenvalue weighted by Gasteiger charge is -2.33. The van der Waals surface area contributed by atoms with Crippen LogP contribution < -0.4 is 5.32 Å². The van der Waals surface area contributed by atoms with E-state index >= 15 is 0 Å². The van der Waals surface area contributed by atoms with Crippen LogP contribution in [0.4, 0.5) is 5.69 Å². The van der Waals surface area contributed by atoms with Gasteiger partial charge in [0.25, 0.3) is 0 Å². The molecule has 0 bridgehead atoms. The number of aromatic hydroxyl groups is 1. The molecular formula is C20H23ClN2O3. The average Bonchev–Trinajstić information content (AvgIpc) is 2.67. The van der Waals surface area contributed by atoms with Crippen molar-refractivity contribution in [2.24, 2.45) is 0 Å². The minimum absolute atomic E-state index is 0.0360. The lowest BCUT2D eigenvalue weighted by Crippen LogP contribution is -2.49. The number of hydrogen-bond donors (Lipinski definition) is 2. The number of halogens is 1. The largest absolute Gasteiger partial charge is 0.508 e. The standard InChI is InChI=1S/C20H23ClN2O3/c1-14(15-3-2-4-16(21)13-15)19(20(25)23-9-11-26-12-10-23)22-17-5-7-18(24)8-6-17/h2-8,13-14,19,22,24H,9-12H2,1H3/t14-,19-/m0/s1. The Bertz CT molecular complexity index is 745. The Morgan fingerprint density at radius 2 is 1.88 bits per heavy atom. The van der Waals surface area contributed by atoms with E-state index in [-0.39, 0.29) is 17.6 Å². The fourth-order valence-corrected chi connectivity index (χ4v) is 3.30. The average molecular weight is 375 g/mol. The number of phenols is 1. The Balaban J connectivity index is 1.86. The van der Waals surface area contributed by atoms with Gasteiger partial charge < -0.3 is 20.1 Å². The third-order valence-corrected chi connectivity index (χ3v) is 4.89. The number of nitrogens with one attached hydrogen (secondary N) is 1. The molecule has 6 heteroatoms. The lowest BCUT2D eigenvalue weighted by molar-refractivity contribution is -0.136. The van der Waals surface area contributed by atoms with Crippen LogP contribution >= 0.6 is 11.6 Å². The van der Waals surface area contributed by atoms with Gasteiger partial charge in [-0.05, 0) is 42.0 Å². The first-order valence-electron chi connectivity index (χ1n) is 8.72. The number of anilines is 1. The maximum absolute atomic E-state index is 13.2. The van der Waals surface area contributed by atoms with Crippen LogP contribution in [0.5, 0.6) is 5.75 Å². The molecule has 2 aromatic carbocycles. The zero-order chi connectivity index (χ0) is 18.5. The van der Waals surface area contributed by atoms with Gasteiger partial charge in [-0.25, -0.2) is 0 Å². The van der Waals surface area contributed by atoms with Gasteiger partial charge >= 0.3 is 0 Å². The van der Waals surface area contributed by atoms with Gasteiger partial charge in [-0.2, -0.15) is 0 Å². The molecule has 2 N–H and O–H groups in total. The van der Waals surface area contributed by atoms with Crippen LogP contribution in [0, 0.1) is 0 Å². The first-order chi connectivity index (χ1) is 12.5. The van der Waals surface area contributed by atoms with E-state index in [1.165, 1.54) is 0 Å². The first-order valence-corrected chi connectivity index (χ1v) is 9.10. The van der Waals surface area contributed by atoms with Gasteiger partial charge in [-0.3, -0.25) is 4.79 Å². The van der Waals surface area contributed by atoms with Crippen LogP contribution in [-0.4, -0.2) is 48.3 Å². The molecule has 2 atom stereocenters. The highest BCUT2D eigenvalue weighted by molar-refractivity contribution is 6.30. The summed E-state index contributed by atoms with van der Waals surface area (Å²) in [5.41, 5.74) is 1.78. The van der Waals surface area contributed by atoms with Crippen LogP contribution in [0.15, 0.2) is 48.5 Å². The van der Waals surface area contributed by atoms with Crippen molar-refractivity contribution < 1.29 is 14.6 Å². The maximum atomic E-state index is 13.2. The minimum atomic E-state index is -0.448. The van der Waals surface area contributed by atoms with Crippen molar-refractivity contribution in [2.75, 3.05) is 31.6 Å². The Morgan fingerprint density at radius 1 is 1.19 bits per heavy atom. The molecule has 1 saturated heterocycles. The molecule has 2 aromatic rings. The summed E-state index contributed by atoms with van der Waals surface area (Å²) < 4.78 is 5.36. The molecule has 0 spiro atoms. The fraction of sp³-hybridized carbons (Fsp3) is 0.350. The number of phenolic OH excluding ortho intramolecular Hbond substituents is 1. The molecule has 1 aliphatic rings. The van der Waals surface area contributed by atoms with Gasteiger partial charge in [-0.15, -0.1) is 0 Å². The van der Waals surface area contributed by atoms with Crippen molar-refractivity contribution in [1.82, 2.24) is 4.90 Å². The molecule has 1 heterocycles. The number of hydrogen-bond acceptors (Lipinski definition) is 4. The van der Waals surface area contributed by atoms with E-state index in [4.69, 9.17) is 16.3 Å². The van der Waals surface area contributed by atoms with Crippen molar-refractivity contribution >= 4 is 23.2 Å². The zero-order valence-corrected chi connectivity index (χ0v) is 15.4. The van der Waals surface area contributed by atoms with Gasteiger partial charge in [-0.1, -0.05) is 30.7 Å². The number of benzene rings is 2. The van der Waals surface area contributed by atoms with Crippen LogP contribution in [0.25, 0.3) is 0 Å². The van der Waals surface area contributed by atoms with Crippen LogP contribution in [0.3, 0.4) is 0 Å². The monoisotopic (exact) mass is 374 g/mol. The quantitative estimate of drug-likeness (QED) is 0.786. The maximum Gasteiger partial charge on any atom is 0.245 e. The smallest absolute Gasteiger partial charge is 0.245 e. The van der Waals surface area contributed by atoms with Gasteiger partial charge in [0.15, 0.2) is 0 Å². The Kier molecular flexibility index (Phi) is 6.01. The van der Waals surface area contributed by atoms with Gasteiger partial charge in [0.1, 0.15) is 11.8 Å². The summed E-state index contributed by atoms with van der Waals surface area (Å²) in [5, 5.41) is 13.5. The van der Waals surface area contributed by atoms with Crippen LogP contribution in [0.1, 0.15) is 18.4 Å². The molecule has 0 unspecified atom stereocenters.